The fourth-order valence-corrected chi connectivity index (χ4v) is 4.54. The lowest BCUT2D eigenvalue weighted by molar-refractivity contribution is 0.148. The molecule has 134 valence electrons. The molecule has 1 fully saturated rings. The van der Waals surface area contributed by atoms with E-state index in [1.165, 1.54) is 56.7 Å². The average Bonchev–Trinajstić information content (AvgIpc) is 2.90. The van der Waals surface area contributed by atoms with Gasteiger partial charge in [-0.3, -0.25) is 4.90 Å². The van der Waals surface area contributed by atoms with Gasteiger partial charge in [-0.15, -0.1) is 0 Å². The van der Waals surface area contributed by atoms with Crippen molar-refractivity contribution in [3.8, 4) is 0 Å². The van der Waals surface area contributed by atoms with E-state index < -0.39 is 0 Å². The third kappa shape index (κ3) is 4.24. The molecule has 0 spiro atoms. The summed E-state index contributed by atoms with van der Waals surface area (Å²) in [5.41, 5.74) is 8.45. The van der Waals surface area contributed by atoms with E-state index in [4.69, 9.17) is 28.9 Å². The van der Waals surface area contributed by atoms with Gasteiger partial charge in [0, 0.05) is 55.4 Å². The van der Waals surface area contributed by atoms with Gasteiger partial charge in [0.15, 0.2) is 0 Å². The molecule has 1 unspecified atom stereocenters. The van der Waals surface area contributed by atoms with Crippen molar-refractivity contribution in [3.05, 3.63) is 33.3 Å². The molecule has 0 radical (unpaired) electrons. The maximum Gasteiger partial charge on any atom is 0.0492 e. The molecule has 0 aromatic heterocycles. The van der Waals surface area contributed by atoms with Gasteiger partial charge in [-0.05, 0) is 56.2 Å². The van der Waals surface area contributed by atoms with Crippen LogP contribution < -0.4 is 5.73 Å². The number of hydrogen-bond donors (Lipinski definition) is 1. The largest absolute Gasteiger partial charge is 0.329 e. The summed E-state index contributed by atoms with van der Waals surface area (Å²) in [6.07, 6.45) is 2.44. The van der Waals surface area contributed by atoms with Crippen molar-refractivity contribution in [1.29, 1.82) is 0 Å². The zero-order valence-corrected chi connectivity index (χ0v) is 16.0. The van der Waals surface area contributed by atoms with Crippen LogP contribution >= 0.6 is 23.2 Å². The van der Waals surface area contributed by atoms with E-state index in [9.17, 15) is 0 Å². The number of nitrogens with zero attached hydrogens (tertiary/aromatic N) is 3. The lowest BCUT2D eigenvalue weighted by Gasteiger charge is -2.32. The number of halogens is 2. The monoisotopic (exact) mass is 370 g/mol. The van der Waals surface area contributed by atoms with Crippen LogP contribution in [-0.4, -0.2) is 67.6 Å². The molecule has 1 aromatic carbocycles. The fraction of sp³-hybridized carbons (Fsp3) is 0.667. The molecular formula is C18H28Cl2N4. The summed E-state index contributed by atoms with van der Waals surface area (Å²) in [6.45, 7) is 8.56. The first kappa shape index (κ1) is 18.4. The van der Waals surface area contributed by atoms with Crippen molar-refractivity contribution in [2.75, 3.05) is 52.9 Å². The third-order valence-corrected chi connectivity index (χ3v) is 5.85. The molecule has 0 aliphatic carbocycles. The Balaban J connectivity index is 1.48. The standard InChI is InChI=1S/C18H28Cl2N4/c1-22-6-8-23(9-7-22)4-2-3-5-24-13-14-10-15(19)11-16(20)18(14)17(24)12-21/h10-11,17H,2-9,12-13,21H2,1H3. The van der Waals surface area contributed by atoms with Crippen LogP contribution in [-0.2, 0) is 6.54 Å². The van der Waals surface area contributed by atoms with Crippen LogP contribution in [0.4, 0.5) is 0 Å². The molecule has 0 bridgehead atoms. The Morgan fingerprint density at radius 3 is 2.50 bits per heavy atom. The highest BCUT2D eigenvalue weighted by molar-refractivity contribution is 6.35. The van der Waals surface area contributed by atoms with Gasteiger partial charge in [-0.2, -0.15) is 0 Å². The van der Waals surface area contributed by atoms with E-state index in [0.717, 1.165) is 18.1 Å². The Bertz CT molecular complexity index is 558. The molecule has 3 rings (SSSR count). The number of unbranched alkanes of at least 4 members (excludes halogenated alkanes) is 1. The molecule has 2 N–H and O–H groups in total. The smallest absolute Gasteiger partial charge is 0.0492 e. The van der Waals surface area contributed by atoms with Crippen molar-refractivity contribution in [1.82, 2.24) is 14.7 Å². The highest BCUT2D eigenvalue weighted by Crippen LogP contribution is 2.39. The summed E-state index contributed by atoms with van der Waals surface area (Å²) < 4.78 is 0. The van der Waals surface area contributed by atoms with Crippen molar-refractivity contribution in [2.24, 2.45) is 5.73 Å². The molecule has 1 saturated heterocycles. The van der Waals surface area contributed by atoms with Crippen LogP contribution in [0.5, 0.6) is 0 Å². The van der Waals surface area contributed by atoms with E-state index in [2.05, 4.69) is 21.7 Å². The maximum atomic E-state index is 6.41. The lowest BCUT2D eigenvalue weighted by Crippen LogP contribution is -2.44. The van der Waals surface area contributed by atoms with Crippen molar-refractivity contribution >= 4 is 23.2 Å². The summed E-state index contributed by atoms with van der Waals surface area (Å²) in [4.78, 5) is 7.44. The Morgan fingerprint density at radius 2 is 1.79 bits per heavy atom. The molecule has 2 aliphatic rings. The van der Waals surface area contributed by atoms with Gasteiger partial charge < -0.3 is 15.5 Å². The topological polar surface area (TPSA) is 35.7 Å². The molecule has 24 heavy (non-hydrogen) atoms. The Hall–Kier alpha value is -0.360. The first-order chi connectivity index (χ1) is 11.6. The second-order valence-electron chi connectivity index (χ2n) is 7.03. The van der Waals surface area contributed by atoms with Crippen LogP contribution in [0.1, 0.15) is 30.0 Å². The van der Waals surface area contributed by atoms with Gasteiger partial charge in [-0.1, -0.05) is 23.2 Å². The molecule has 2 heterocycles. The van der Waals surface area contributed by atoms with Crippen LogP contribution in [0, 0.1) is 0 Å². The highest BCUT2D eigenvalue weighted by atomic mass is 35.5. The molecule has 0 saturated carbocycles. The Labute approximate surface area is 155 Å². The summed E-state index contributed by atoms with van der Waals surface area (Å²) in [5, 5.41) is 1.47. The molecule has 2 aliphatic heterocycles. The van der Waals surface area contributed by atoms with Crippen LogP contribution in [0.3, 0.4) is 0 Å². The van der Waals surface area contributed by atoms with Gasteiger partial charge in [0.05, 0.1) is 0 Å². The van der Waals surface area contributed by atoms with Crippen LogP contribution in [0.25, 0.3) is 0 Å². The maximum absolute atomic E-state index is 6.41. The van der Waals surface area contributed by atoms with E-state index >= 15 is 0 Å². The summed E-state index contributed by atoms with van der Waals surface area (Å²) in [5.74, 6) is 0. The first-order valence-electron chi connectivity index (χ1n) is 8.91. The van der Waals surface area contributed by atoms with Crippen molar-refractivity contribution < 1.29 is 0 Å². The minimum Gasteiger partial charge on any atom is -0.329 e. The number of rotatable bonds is 6. The molecule has 6 heteroatoms. The number of piperazine rings is 1. The predicted molar refractivity (Wildman–Crippen MR) is 102 cm³/mol. The minimum absolute atomic E-state index is 0.230. The van der Waals surface area contributed by atoms with Crippen LogP contribution in [0.2, 0.25) is 10.0 Å². The number of hydrogen-bond acceptors (Lipinski definition) is 4. The SMILES string of the molecule is CN1CCN(CCCCN2Cc3cc(Cl)cc(Cl)c3C2CN)CC1. The van der Waals surface area contributed by atoms with Crippen LogP contribution in [0.15, 0.2) is 12.1 Å². The van der Waals surface area contributed by atoms with Gasteiger partial charge in [-0.25, -0.2) is 0 Å². The second kappa shape index (κ2) is 8.35. The Kier molecular flexibility index (Phi) is 6.41. The fourth-order valence-electron chi connectivity index (χ4n) is 3.88. The van der Waals surface area contributed by atoms with Crippen molar-refractivity contribution in [3.63, 3.8) is 0 Å². The highest BCUT2D eigenvalue weighted by Gasteiger charge is 2.31. The Morgan fingerprint density at radius 1 is 1.08 bits per heavy atom. The zero-order valence-electron chi connectivity index (χ0n) is 14.5. The molecule has 4 nitrogen and oxygen atoms in total. The van der Waals surface area contributed by atoms with E-state index in [1.807, 2.05) is 12.1 Å². The molecular weight excluding hydrogens is 343 g/mol. The minimum atomic E-state index is 0.230. The molecule has 1 atom stereocenters. The van der Waals surface area contributed by atoms with Crippen molar-refractivity contribution in [2.45, 2.75) is 25.4 Å². The van der Waals surface area contributed by atoms with E-state index in [1.54, 1.807) is 0 Å². The summed E-state index contributed by atoms with van der Waals surface area (Å²) in [6, 6.07) is 4.10. The van der Waals surface area contributed by atoms with E-state index in [-0.39, 0.29) is 6.04 Å². The molecule has 1 aromatic rings. The third-order valence-electron chi connectivity index (χ3n) is 5.32. The van der Waals surface area contributed by atoms with Gasteiger partial charge in [0.1, 0.15) is 0 Å². The van der Waals surface area contributed by atoms with Gasteiger partial charge in [0.25, 0.3) is 0 Å². The van der Waals surface area contributed by atoms with Gasteiger partial charge >= 0.3 is 0 Å². The summed E-state index contributed by atoms with van der Waals surface area (Å²) in [7, 11) is 2.20. The first-order valence-corrected chi connectivity index (χ1v) is 9.67. The predicted octanol–water partition coefficient (Wildman–Crippen LogP) is 2.84. The quantitative estimate of drug-likeness (QED) is 0.781. The average molecular weight is 371 g/mol. The number of fused-ring (bicyclic) bond motifs is 1. The zero-order chi connectivity index (χ0) is 17.1. The number of benzene rings is 1. The normalized spacial score (nSPS) is 22.9. The second-order valence-corrected chi connectivity index (χ2v) is 7.88. The number of nitrogens with two attached hydrogens (primary N) is 1. The van der Waals surface area contributed by atoms with Gasteiger partial charge in [0.2, 0.25) is 0 Å². The number of likely N-dealkylation sites (N-methyl/N-ethyl adjacent to an activating group) is 1. The van der Waals surface area contributed by atoms with E-state index in [0.29, 0.717) is 11.6 Å². The molecule has 0 amide bonds. The summed E-state index contributed by atoms with van der Waals surface area (Å²) >= 11 is 12.6. The lowest BCUT2D eigenvalue weighted by atomic mass is 10.0.